The predicted molar refractivity (Wildman–Crippen MR) is 118 cm³/mol. The highest BCUT2D eigenvalue weighted by Gasteiger charge is 2.69. The van der Waals surface area contributed by atoms with Crippen molar-refractivity contribution in [3.05, 3.63) is 63.9 Å². The van der Waals surface area contributed by atoms with E-state index in [4.69, 9.17) is 10.5 Å². The van der Waals surface area contributed by atoms with E-state index in [2.05, 4.69) is 15.1 Å². The van der Waals surface area contributed by atoms with Crippen molar-refractivity contribution in [3.63, 3.8) is 0 Å². The molecule has 3 aromatic heterocycles. The summed E-state index contributed by atoms with van der Waals surface area (Å²) in [5.41, 5.74) is 6.09. The molecule has 0 spiro atoms. The molecule has 1 unspecified atom stereocenters. The second kappa shape index (κ2) is 7.48. The number of rotatable bonds is 4. The first-order valence-corrected chi connectivity index (χ1v) is 11.3. The molecule has 3 aromatic rings. The van der Waals surface area contributed by atoms with Crippen molar-refractivity contribution in [2.24, 2.45) is 11.3 Å². The number of nitrogens with two attached hydrogens (primary N) is 1. The van der Waals surface area contributed by atoms with Gasteiger partial charge in [0, 0.05) is 17.7 Å². The standard InChI is InChI=1S/C23H21F3N6O3/c24-23(25,26)22-8-13(9-22)14(10-22)18-19(32(33)34)20(27)30-21(29-18)12-4-6-35-17(7-12)15-11-28-31-5-2-1-3-16(15)31/h1-3,5,7,11,13-14,17H,4,6,8-10H2,(H2,27,29,30)/t13?,14-,17?,22?/m0/s1. The predicted octanol–water partition coefficient (Wildman–Crippen LogP) is 4.61. The molecule has 0 amide bonds. The lowest BCUT2D eigenvalue weighted by atomic mass is 9.68. The van der Waals surface area contributed by atoms with Gasteiger partial charge in [-0.1, -0.05) is 6.07 Å². The third kappa shape index (κ3) is 3.30. The van der Waals surface area contributed by atoms with Crippen molar-refractivity contribution < 1.29 is 22.8 Å². The Labute approximate surface area is 197 Å². The highest BCUT2D eigenvalue weighted by molar-refractivity contribution is 5.68. The molecule has 0 radical (unpaired) electrons. The van der Waals surface area contributed by atoms with Gasteiger partial charge in [-0.25, -0.2) is 14.5 Å². The average Bonchev–Trinajstić information content (AvgIpc) is 3.50. The minimum Gasteiger partial charge on any atom is -0.378 e. The Morgan fingerprint density at radius 3 is 2.74 bits per heavy atom. The van der Waals surface area contributed by atoms with Crippen LogP contribution in [0.5, 0.6) is 0 Å². The third-order valence-corrected chi connectivity index (χ3v) is 7.63. The van der Waals surface area contributed by atoms with Gasteiger partial charge in [0.2, 0.25) is 5.82 Å². The second-order valence-electron chi connectivity index (χ2n) is 9.54. The number of nitrogens with zero attached hydrogens (tertiary/aromatic N) is 5. The molecule has 0 aromatic carbocycles. The van der Waals surface area contributed by atoms with Crippen LogP contribution in [0.4, 0.5) is 24.7 Å². The van der Waals surface area contributed by atoms with Crippen LogP contribution in [-0.4, -0.2) is 37.3 Å². The number of hydrogen-bond donors (Lipinski definition) is 1. The van der Waals surface area contributed by atoms with E-state index in [0.29, 0.717) is 18.6 Å². The summed E-state index contributed by atoms with van der Waals surface area (Å²) >= 11 is 0. The normalized spacial score (nSPS) is 28.1. The van der Waals surface area contributed by atoms with Gasteiger partial charge < -0.3 is 10.5 Å². The number of fused-ring (bicyclic) bond motifs is 2. The molecule has 3 fully saturated rings. The number of pyridine rings is 1. The molecule has 2 bridgehead atoms. The number of aromatic nitrogens is 4. The van der Waals surface area contributed by atoms with Crippen molar-refractivity contribution in [2.75, 3.05) is 12.3 Å². The summed E-state index contributed by atoms with van der Waals surface area (Å²) in [4.78, 5) is 19.8. The highest BCUT2D eigenvalue weighted by atomic mass is 19.4. The van der Waals surface area contributed by atoms with Gasteiger partial charge in [-0.05, 0) is 55.4 Å². The first-order valence-electron chi connectivity index (χ1n) is 11.3. The van der Waals surface area contributed by atoms with Crippen LogP contribution >= 0.6 is 0 Å². The van der Waals surface area contributed by atoms with Crippen molar-refractivity contribution >= 4 is 22.6 Å². The fourth-order valence-corrected chi connectivity index (χ4v) is 5.88. The molecular formula is C23H21F3N6O3. The molecule has 4 aliphatic rings. The van der Waals surface area contributed by atoms with Crippen LogP contribution in [0.1, 0.15) is 54.8 Å². The Morgan fingerprint density at radius 1 is 1.23 bits per heavy atom. The SMILES string of the molecule is Nc1nc(C2=CC(c3cnn4ccccc34)OCC2)nc([C@H]2CC3(C(F)(F)F)CC2C3)c1[N+](=O)[O-]. The monoisotopic (exact) mass is 486 g/mol. The van der Waals surface area contributed by atoms with Gasteiger partial charge in [-0.2, -0.15) is 18.3 Å². The van der Waals surface area contributed by atoms with Crippen molar-refractivity contribution in [2.45, 2.75) is 43.9 Å². The molecule has 2 N–H and O–H groups in total. The number of ether oxygens (including phenoxy) is 1. The van der Waals surface area contributed by atoms with Crippen molar-refractivity contribution in [3.8, 4) is 0 Å². The van der Waals surface area contributed by atoms with Crippen molar-refractivity contribution in [1.82, 2.24) is 19.6 Å². The fraction of sp³-hybridized carbons (Fsp3) is 0.435. The zero-order chi connectivity index (χ0) is 24.5. The molecule has 12 heteroatoms. The molecule has 3 saturated carbocycles. The smallest absolute Gasteiger partial charge is 0.378 e. The summed E-state index contributed by atoms with van der Waals surface area (Å²) in [6, 6.07) is 5.66. The lowest BCUT2D eigenvalue weighted by Crippen LogP contribution is -2.42. The van der Waals surface area contributed by atoms with E-state index < -0.39 is 34.2 Å². The number of halogens is 3. The molecule has 35 heavy (non-hydrogen) atoms. The lowest BCUT2D eigenvalue weighted by molar-refractivity contribution is -0.385. The van der Waals surface area contributed by atoms with E-state index in [-0.39, 0.29) is 42.5 Å². The van der Waals surface area contributed by atoms with Crippen molar-refractivity contribution in [1.29, 1.82) is 0 Å². The van der Waals surface area contributed by atoms with Crippen LogP contribution in [0.25, 0.3) is 11.1 Å². The van der Waals surface area contributed by atoms with E-state index in [9.17, 15) is 23.3 Å². The quantitative estimate of drug-likeness (QED) is 0.422. The molecule has 0 saturated heterocycles. The first-order chi connectivity index (χ1) is 16.7. The number of nitro groups is 1. The molecule has 182 valence electrons. The molecule has 1 aliphatic heterocycles. The molecular weight excluding hydrogens is 465 g/mol. The zero-order valence-electron chi connectivity index (χ0n) is 18.4. The fourth-order valence-electron chi connectivity index (χ4n) is 5.88. The molecule has 2 atom stereocenters. The Morgan fingerprint density at radius 2 is 2.03 bits per heavy atom. The van der Waals surface area contributed by atoms with Crippen LogP contribution in [-0.2, 0) is 4.74 Å². The zero-order valence-corrected chi connectivity index (χ0v) is 18.4. The van der Waals surface area contributed by atoms with Crippen LogP contribution in [0, 0.1) is 21.4 Å². The minimum absolute atomic E-state index is 0.00560. The maximum Gasteiger partial charge on any atom is 0.394 e. The lowest BCUT2D eigenvalue weighted by Gasteiger charge is -2.39. The molecule has 3 aliphatic carbocycles. The van der Waals surface area contributed by atoms with Gasteiger partial charge in [0.1, 0.15) is 11.8 Å². The van der Waals surface area contributed by atoms with E-state index in [1.165, 1.54) is 0 Å². The Bertz CT molecular complexity index is 1380. The number of hydrogen-bond acceptors (Lipinski definition) is 7. The maximum atomic E-state index is 13.6. The summed E-state index contributed by atoms with van der Waals surface area (Å²) in [7, 11) is 0. The summed E-state index contributed by atoms with van der Waals surface area (Å²) in [6.45, 7) is 0.347. The largest absolute Gasteiger partial charge is 0.394 e. The Balaban J connectivity index is 1.40. The van der Waals surface area contributed by atoms with Crippen LogP contribution in [0.15, 0.2) is 36.7 Å². The minimum atomic E-state index is -4.35. The number of nitrogen functional groups attached to an aromatic ring is 1. The topological polar surface area (TPSA) is 121 Å². The summed E-state index contributed by atoms with van der Waals surface area (Å²) < 4.78 is 48.6. The molecule has 4 heterocycles. The Kier molecular flexibility index (Phi) is 4.69. The third-order valence-electron chi connectivity index (χ3n) is 7.63. The first kappa shape index (κ1) is 22.0. The number of anilines is 1. The van der Waals surface area contributed by atoms with Gasteiger partial charge in [-0.15, -0.1) is 0 Å². The van der Waals surface area contributed by atoms with Crippen LogP contribution in [0.3, 0.4) is 0 Å². The van der Waals surface area contributed by atoms with Gasteiger partial charge in [0.25, 0.3) is 0 Å². The highest BCUT2D eigenvalue weighted by Crippen LogP contribution is 2.71. The van der Waals surface area contributed by atoms with E-state index in [0.717, 1.165) is 11.1 Å². The second-order valence-corrected chi connectivity index (χ2v) is 9.54. The van der Waals surface area contributed by atoms with E-state index in [1.807, 2.05) is 30.5 Å². The summed E-state index contributed by atoms with van der Waals surface area (Å²) in [5, 5.41) is 16.1. The summed E-state index contributed by atoms with van der Waals surface area (Å²) in [6.07, 6.45) is 0.698. The van der Waals surface area contributed by atoms with Gasteiger partial charge >= 0.3 is 11.9 Å². The molecule has 9 nitrogen and oxygen atoms in total. The van der Waals surface area contributed by atoms with E-state index >= 15 is 0 Å². The summed E-state index contributed by atoms with van der Waals surface area (Å²) in [5.74, 6) is -1.14. The van der Waals surface area contributed by atoms with Crippen LogP contribution < -0.4 is 5.73 Å². The number of alkyl halides is 3. The maximum absolute atomic E-state index is 13.6. The Hall–Kier alpha value is -3.54. The van der Waals surface area contributed by atoms with Gasteiger partial charge in [0.05, 0.1) is 28.7 Å². The average molecular weight is 486 g/mol. The van der Waals surface area contributed by atoms with E-state index in [1.54, 1.807) is 10.7 Å². The molecule has 7 rings (SSSR count). The van der Waals surface area contributed by atoms with Gasteiger partial charge in [-0.3, -0.25) is 10.1 Å². The van der Waals surface area contributed by atoms with Gasteiger partial charge in [0.15, 0.2) is 5.82 Å². The van der Waals surface area contributed by atoms with Crippen LogP contribution in [0.2, 0.25) is 0 Å².